The van der Waals surface area contributed by atoms with Crippen LogP contribution in [0.4, 0.5) is 11.4 Å². The Morgan fingerprint density at radius 2 is 1.89 bits per heavy atom. The highest BCUT2D eigenvalue weighted by atomic mass is 79.9. The van der Waals surface area contributed by atoms with Crippen LogP contribution in [0.15, 0.2) is 16.6 Å². The Balaban J connectivity index is 3.06. The number of rotatable bonds is 3. The van der Waals surface area contributed by atoms with Crippen LogP contribution in [-0.4, -0.2) is 14.2 Å². The van der Waals surface area contributed by atoms with Crippen LogP contribution < -0.4 is 10.5 Å². The summed E-state index contributed by atoms with van der Waals surface area (Å²) in [5, 5.41) is 0. The molecular formula is C12H19BrN2O2S. The van der Waals surface area contributed by atoms with Crippen molar-refractivity contribution in [1.82, 2.24) is 0 Å². The van der Waals surface area contributed by atoms with E-state index in [0.717, 1.165) is 5.56 Å². The van der Waals surface area contributed by atoms with Gasteiger partial charge in [-0.25, -0.2) is 8.42 Å². The molecular weight excluding hydrogens is 316 g/mol. The Hall–Kier alpha value is -0.750. The molecule has 0 amide bonds. The maximum Gasteiger partial charge on any atom is 0.233 e. The van der Waals surface area contributed by atoms with Gasteiger partial charge in [0, 0.05) is 4.47 Å². The number of nitrogens with two attached hydrogens (primary N) is 1. The maximum atomic E-state index is 12.0. The van der Waals surface area contributed by atoms with Crippen molar-refractivity contribution >= 4 is 37.3 Å². The van der Waals surface area contributed by atoms with Crippen LogP contribution in [0.3, 0.4) is 0 Å². The first-order chi connectivity index (χ1) is 8.00. The third-order valence-corrected chi connectivity index (χ3v) is 4.53. The predicted octanol–water partition coefficient (Wildman–Crippen LogP) is 3.13. The Bertz CT molecular complexity index is 525. The highest BCUT2D eigenvalue weighted by Gasteiger charge is 2.23. The summed E-state index contributed by atoms with van der Waals surface area (Å²) in [4.78, 5) is 0. The topological polar surface area (TPSA) is 72.2 Å². The van der Waals surface area contributed by atoms with Crippen LogP contribution >= 0.6 is 15.9 Å². The summed E-state index contributed by atoms with van der Waals surface area (Å²) in [6.45, 7) is 7.52. The minimum absolute atomic E-state index is 0.0414. The van der Waals surface area contributed by atoms with Crippen molar-refractivity contribution in [2.24, 2.45) is 5.41 Å². The molecule has 1 aromatic carbocycles. The highest BCUT2D eigenvalue weighted by Crippen LogP contribution is 2.31. The van der Waals surface area contributed by atoms with E-state index in [0.29, 0.717) is 15.8 Å². The van der Waals surface area contributed by atoms with E-state index in [1.807, 2.05) is 33.8 Å². The second kappa shape index (κ2) is 5.09. The normalized spacial score (nSPS) is 12.5. The third kappa shape index (κ3) is 4.49. The van der Waals surface area contributed by atoms with Gasteiger partial charge in [0.25, 0.3) is 0 Å². The molecule has 0 spiro atoms. The molecule has 0 heterocycles. The van der Waals surface area contributed by atoms with Crippen LogP contribution in [-0.2, 0) is 10.0 Å². The Kier molecular flexibility index (Phi) is 4.33. The van der Waals surface area contributed by atoms with E-state index >= 15 is 0 Å². The minimum atomic E-state index is -3.41. The maximum absolute atomic E-state index is 12.0. The van der Waals surface area contributed by atoms with Gasteiger partial charge in [-0.2, -0.15) is 0 Å². The Labute approximate surface area is 117 Å². The lowest BCUT2D eigenvalue weighted by Gasteiger charge is -2.20. The third-order valence-electron chi connectivity index (χ3n) is 2.15. The molecule has 0 bridgehead atoms. The lowest BCUT2D eigenvalue weighted by atomic mass is 10.0. The molecule has 0 aliphatic heterocycles. The van der Waals surface area contributed by atoms with Crippen LogP contribution in [0.25, 0.3) is 0 Å². The number of sulfonamides is 1. The molecule has 4 nitrogen and oxygen atoms in total. The van der Waals surface area contributed by atoms with Crippen LogP contribution in [0.5, 0.6) is 0 Å². The molecule has 0 aromatic heterocycles. The van der Waals surface area contributed by atoms with Gasteiger partial charge in [-0.05, 0) is 46.0 Å². The first-order valence-electron chi connectivity index (χ1n) is 5.56. The average molecular weight is 335 g/mol. The van der Waals surface area contributed by atoms with Crippen LogP contribution in [0.1, 0.15) is 26.3 Å². The van der Waals surface area contributed by atoms with Crippen LogP contribution in [0.2, 0.25) is 0 Å². The molecule has 3 N–H and O–H groups in total. The molecule has 1 aromatic rings. The second-order valence-corrected chi connectivity index (χ2v) is 8.21. The number of aryl methyl sites for hydroxylation is 1. The molecule has 0 fully saturated rings. The predicted molar refractivity (Wildman–Crippen MR) is 80.2 cm³/mol. The minimum Gasteiger partial charge on any atom is -0.397 e. The van der Waals surface area contributed by atoms with Crippen molar-refractivity contribution in [3.63, 3.8) is 0 Å². The zero-order chi connectivity index (χ0) is 14.1. The highest BCUT2D eigenvalue weighted by molar-refractivity contribution is 9.10. The Morgan fingerprint density at radius 3 is 2.33 bits per heavy atom. The number of hydrogen-bond donors (Lipinski definition) is 2. The molecule has 0 atom stereocenters. The number of benzene rings is 1. The summed E-state index contributed by atoms with van der Waals surface area (Å²) < 4.78 is 27.2. The van der Waals surface area contributed by atoms with Gasteiger partial charge in [0.15, 0.2) is 0 Å². The lowest BCUT2D eigenvalue weighted by molar-refractivity contribution is 0.463. The standard InChI is InChI=1S/C12H19BrN2O2S/c1-8-5-9(13)11(10(14)6-8)15-18(16,17)7-12(2,3)4/h5-6,15H,7,14H2,1-4H3. The molecule has 18 heavy (non-hydrogen) atoms. The summed E-state index contributed by atoms with van der Waals surface area (Å²) in [5.41, 5.74) is 7.32. The summed E-state index contributed by atoms with van der Waals surface area (Å²) in [7, 11) is -3.41. The van der Waals surface area contributed by atoms with Crippen molar-refractivity contribution < 1.29 is 8.42 Å². The van der Waals surface area contributed by atoms with Crippen molar-refractivity contribution in [3.05, 3.63) is 22.2 Å². The van der Waals surface area contributed by atoms with Gasteiger partial charge in [0.1, 0.15) is 0 Å². The van der Waals surface area contributed by atoms with Gasteiger partial charge < -0.3 is 5.73 Å². The number of anilines is 2. The van der Waals surface area contributed by atoms with Gasteiger partial charge >= 0.3 is 0 Å². The summed E-state index contributed by atoms with van der Waals surface area (Å²) >= 11 is 3.32. The SMILES string of the molecule is Cc1cc(N)c(NS(=O)(=O)CC(C)(C)C)c(Br)c1. The lowest BCUT2D eigenvalue weighted by Crippen LogP contribution is -2.26. The Morgan fingerprint density at radius 1 is 1.33 bits per heavy atom. The van der Waals surface area contributed by atoms with E-state index in [2.05, 4.69) is 20.7 Å². The molecule has 0 saturated heterocycles. The molecule has 6 heteroatoms. The average Bonchev–Trinajstić information content (AvgIpc) is 2.07. The van der Waals surface area contributed by atoms with Gasteiger partial charge in [-0.3, -0.25) is 4.72 Å². The molecule has 0 aliphatic carbocycles. The molecule has 102 valence electrons. The van der Waals surface area contributed by atoms with E-state index in [1.165, 1.54) is 0 Å². The zero-order valence-electron chi connectivity index (χ0n) is 11.0. The fourth-order valence-corrected chi connectivity index (χ4v) is 4.21. The van der Waals surface area contributed by atoms with E-state index in [4.69, 9.17) is 5.73 Å². The fourth-order valence-electron chi connectivity index (χ4n) is 1.64. The first-order valence-corrected chi connectivity index (χ1v) is 8.01. The molecule has 0 radical (unpaired) electrons. The van der Waals surface area contributed by atoms with Gasteiger partial charge in [0.2, 0.25) is 10.0 Å². The van der Waals surface area contributed by atoms with E-state index in [-0.39, 0.29) is 11.2 Å². The van der Waals surface area contributed by atoms with Crippen molar-refractivity contribution in [3.8, 4) is 0 Å². The summed E-state index contributed by atoms with van der Waals surface area (Å²) in [6.07, 6.45) is 0. The zero-order valence-corrected chi connectivity index (χ0v) is 13.4. The van der Waals surface area contributed by atoms with E-state index in [1.54, 1.807) is 6.07 Å². The molecule has 0 unspecified atom stereocenters. The molecule has 0 aliphatic rings. The fraction of sp³-hybridized carbons (Fsp3) is 0.500. The number of hydrogen-bond acceptors (Lipinski definition) is 3. The van der Waals surface area contributed by atoms with Gasteiger partial charge in [-0.15, -0.1) is 0 Å². The summed E-state index contributed by atoms with van der Waals surface area (Å²) in [5.74, 6) is 0.0414. The van der Waals surface area contributed by atoms with Gasteiger partial charge in [0.05, 0.1) is 17.1 Å². The van der Waals surface area contributed by atoms with Crippen LogP contribution in [0, 0.1) is 12.3 Å². The smallest absolute Gasteiger partial charge is 0.233 e. The molecule has 1 rings (SSSR count). The van der Waals surface area contributed by atoms with Crippen molar-refractivity contribution in [2.45, 2.75) is 27.7 Å². The molecule has 0 saturated carbocycles. The quantitative estimate of drug-likeness (QED) is 0.834. The monoisotopic (exact) mass is 334 g/mol. The van der Waals surface area contributed by atoms with E-state index < -0.39 is 10.0 Å². The summed E-state index contributed by atoms with van der Waals surface area (Å²) in [6, 6.07) is 3.56. The van der Waals surface area contributed by atoms with Crippen molar-refractivity contribution in [2.75, 3.05) is 16.2 Å². The number of nitrogens with one attached hydrogen (secondary N) is 1. The second-order valence-electron chi connectivity index (χ2n) is 5.63. The van der Waals surface area contributed by atoms with Crippen molar-refractivity contribution in [1.29, 1.82) is 0 Å². The van der Waals surface area contributed by atoms with Gasteiger partial charge in [-0.1, -0.05) is 20.8 Å². The number of halogens is 1. The number of nitrogen functional groups attached to an aromatic ring is 1. The van der Waals surface area contributed by atoms with E-state index in [9.17, 15) is 8.42 Å². The largest absolute Gasteiger partial charge is 0.397 e. The first kappa shape index (κ1) is 15.3.